The summed E-state index contributed by atoms with van der Waals surface area (Å²) in [4.78, 5) is 0. The Kier molecular flexibility index (Phi) is 7.81. The summed E-state index contributed by atoms with van der Waals surface area (Å²) in [7, 11) is 0. The van der Waals surface area contributed by atoms with Crippen LogP contribution in [0.3, 0.4) is 0 Å². The van der Waals surface area contributed by atoms with Gasteiger partial charge in [-0.1, -0.05) is 64.8 Å². The van der Waals surface area contributed by atoms with E-state index in [0.29, 0.717) is 6.04 Å². The first kappa shape index (κ1) is 16.2. The van der Waals surface area contributed by atoms with E-state index in [2.05, 4.69) is 57.3 Å². The van der Waals surface area contributed by atoms with Gasteiger partial charge in [0, 0.05) is 6.04 Å². The second-order valence-corrected chi connectivity index (χ2v) is 5.69. The van der Waals surface area contributed by atoms with Gasteiger partial charge < -0.3 is 5.32 Å². The second-order valence-electron chi connectivity index (χ2n) is 5.69. The maximum Gasteiger partial charge on any atom is 0.0325 e. The van der Waals surface area contributed by atoms with Gasteiger partial charge in [-0.2, -0.15) is 0 Å². The predicted molar refractivity (Wildman–Crippen MR) is 85.5 cm³/mol. The van der Waals surface area contributed by atoms with Gasteiger partial charge >= 0.3 is 0 Å². The quantitative estimate of drug-likeness (QED) is 0.651. The number of rotatable bonds is 9. The Labute approximate surface area is 119 Å². The average molecular weight is 261 g/mol. The first-order valence-corrected chi connectivity index (χ1v) is 8.04. The van der Waals surface area contributed by atoms with Gasteiger partial charge in [0.1, 0.15) is 0 Å². The number of nitrogens with one attached hydrogen (secondary N) is 1. The van der Waals surface area contributed by atoms with Crippen LogP contribution in [0.2, 0.25) is 0 Å². The molecule has 0 heterocycles. The van der Waals surface area contributed by atoms with E-state index in [-0.39, 0.29) is 0 Å². The van der Waals surface area contributed by atoms with E-state index >= 15 is 0 Å². The van der Waals surface area contributed by atoms with Crippen molar-refractivity contribution in [3.05, 3.63) is 35.4 Å². The number of hydrogen-bond donors (Lipinski definition) is 1. The zero-order chi connectivity index (χ0) is 14.1. The summed E-state index contributed by atoms with van der Waals surface area (Å²) in [6.45, 7) is 10.3. The van der Waals surface area contributed by atoms with E-state index in [1.807, 2.05) is 0 Å². The van der Waals surface area contributed by atoms with E-state index in [1.165, 1.54) is 36.8 Å². The maximum atomic E-state index is 3.75. The predicted octanol–water partition coefficient (Wildman–Crippen LogP) is 5.12. The summed E-state index contributed by atoms with van der Waals surface area (Å²) < 4.78 is 0. The smallest absolute Gasteiger partial charge is 0.0325 e. The van der Waals surface area contributed by atoms with Gasteiger partial charge in [0.25, 0.3) is 0 Å². The highest BCUT2D eigenvalue weighted by atomic mass is 14.9. The maximum absolute atomic E-state index is 3.75. The normalized spacial score (nSPS) is 14.3. The minimum Gasteiger partial charge on any atom is -0.310 e. The van der Waals surface area contributed by atoms with Crippen molar-refractivity contribution in [2.24, 2.45) is 5.92 Å². The third kappa shape index (κ3) is 5.36. The van der Waals surface area contributed by atoms with Gasteiger partial charge in [-0.15, -0.1) is 0 Å². The first-order chi connectivity index (χ1) is 9.22. The Hall–Kier alpha value is -0.820. The van der Waals surface area contributed by atoms with Gasteiger partial charge in [0.2, 0.25) is 0 Å². The Balaban J connectivity index is 2.82. The lowest BCUT2D eigenvalue weighted by Crippen LogP contribution is -2.25. The molecule has 0 fully saturated rings. The molecule has 0 aliphatic heterocycles. The molecule has 108 valence electrons. The minimum atomic E-state index is 0.526. The SMILES string of the molecule is CCCNC(CC(C)CCC)c1ccccc1CC. The topological polar surface area (TPSA) is 12.0 Å². The van der Waals surface area contributed by atoms with Crippen molar-refractivity contribution in [3.63, 3.8) is 0 Å². The molecule has 0 saturated carbocycles. The van der Waals surface area contributed by atoms with Gasteiger partial charge in [-0.05, 0) is 42.9 Å². The molecule has 0 radical (unpaired) electrons. The standard InChI is InChI=1S/C18H31N/c1-5-10-15(4)14-18(19-13-6-2)17-12-9-8-11-16(17)7-3/h8-9,11-12,15,18-19H,5-7,10,13-14H2,1-4H3. The lowest BCUT2D eigenvalue weighted by Gasteiger charge is -2.24. The minimum absolute atomic E-state index is 0.526. The van der Waals surface area contributed by atoms with E-state index in [1.54, 1.807) is 0 Å². The van der Waals surface area contributed by atoms with Crippen molar-refractivity contribution in [2.75, 3.05) is 6.54 Å². The van der Waals surface area contributed by atoms with Crippen LogP contribution in [0, 0.1) is 5.92 Å². The van der Waals surface area contributed by atoms with E-state index in [9.17, 15) is 0 Å². The van der Waals surface area contributed by atoms with Crippen LogP contribution in [0.25, 0.3) is 0 Å². The van der Waals surface area contributed by atoms with Crippen LogP contribution in [0.5, 0.6) is 0 Å². The Morgan fingerprint density at radius 1 is 1.05 bits per heavy atom. The van der Waals surface area contributed by atoms with E-state index in [4.69, 9.17) is 0 Å². The van der Waals surface area contributed by atoms with Crippen molar-refractivity contribution >= 4 is 0 Å². The second kappa shape index (κ2) is 9.14. The first-order valence-electron chi connectivity index (χ1n) is 8.04. The van der Waals surface area contributed by atoms with Crippen LogP contribution in [-0.4, -0.2) is 6.54 Å². The molecule has 0 aliphatic rings. The van der Waals surface area contributed by atoms with Crippen molar-refractivity contribution in [1.82, 2.24) is 5.32 Å². The molecule has 0 saturated heterocycles. The summed E-state index contributed by atoms with van der Waals surface area (Å²) in [5.41, 5.74) is 3.02. The largest absolute Gasteiger partial charge is 0.310 e. The number of benzene rings is 1. The van der Waals surface area contributed by atoms with Crippen molar-refractivity contribution in [1.29, 1.82) is 0 Å². The fourth-order valence-corrected chi connectivity index (χ4v) is 2.85. The average Bonchev–Trinajstić information content (AvgIpc) is 2.43. The molecule has 1 nitrogen and oxygen atoms in total. The van der Waals surface area contributed by atoms with Crippen LogP contribution < -0.4 is 5.32 Å². The van der Waals surface area contributed by atoms with Crippen LogP contribution >= 0.6 is 0 Å². The number of aryl methyl sites for hydroxylation is 1. The molecule has 0 aliphatic carbocycles. The highest BCUT2D eigenvalue weighted by Gasteiger charge is 2.16. The van der Waals surface area contributed by atoms with Gasteiger partial charge in [0.15, 0.2) is 0 Å². The van der Waals surface area contributed by atoms with Crippen LogP contribution in [0.1, 0.15) is 70.5 Å². The van der Waals surface area contributed by atoms with Gasteiger partial charge in [0.05, 0.1) is 0 Å². The molecule has 1 heteroatoms. The fraction of sp³-hybridized carbons (Fsp3) is 0.667. The van der Waals surface area contributed by atoms with Gasteiger partial charge in [-0.3, -0.25) is 0 Å². The Morgan fingerprint density at radius 2 is 1.79 bits per heavy atom. The molecule has 0 bridgehead atoms. The van der Waals surface area contributed by atoms with Crippen LogP contribution in [0.4, 0.5) is 0 Å². The van der Waals surface area contributed by atoms with Crippen LogP contribution in [-0.2, 0) is 6.42 Å². The lowest BCUT2D eigenvalue weighted by atomic mass is 9.90. The molecular formula is C18H31N. The monoisotopic (exact) mass is 261 g/mol. The third-order valence-corrected chi connectivity index (χ3v) is 3.87. The Bertz CT molecular complexity index is 345. The van der Waals surface area contributed by atoms with Crippen LogP contribution in [0.15, 0.2) is 24.3 Å². The molecule has 0 aromatic heterocycles. The lowest BCUT2D eigenvalue weighted by molar-refractivity contribution is 0.389. The summed E-state index contributed by atoms with van der Waals surface area (Å²) in [5, 5.41) is 3.75. The zero-order valence-electron chi connectivity index (χ0n) is 13.2. The Morgan fingerprint density at radius 3 is 2.42 bits per heavy atom. The summed E-state index contributed by atoms with van der Waals surface area (Å²) in [6, 6.07) is 9.46. The summed E-state index contributed by atoms with van der Waals surface area (Å²) in [6.07, 6.45) is 6.20. The van der Waals surface area contributed by atoms with Crippen molar-refractivity contribution in [2.45, 2.75) is 65.8 Å². The molecule has 1 aromatic carbocycles. The zero-order valence-corrected chi connectivity index (χ0v) is 13.2. The molecule has 0 spiro atoms. The van der Waals surface area contributed by atoms with Crippen molar-refractivity contribution < 1.29 is 0 Å². The van der Waals surface area contributed by atoms with Crippen molar-refractivity contribution in [3.8, 4) is 0 Å². The molecule has 0 amide bonds. The van der Waals surface area contributed by atoms with Gasteiger partial charge in [-0.25, -0.2) is 0 Å². The third-order valence-electron chi connectivity index (χ3n) is 3.87. The molecular weight excluding hydrogens is 230 g/mol. The molecule has 1 rings (SSSR count). The molecule has 2 unspecified atom stereocenters. The summed E-state index contributed by atoms with van der Waals surface area (Å²) in [5.74, 6) is 0.796. The van der Waals surface area contributed by atoms with E-state index < -0.39 is 0 Å². The van der Waals surface area contributed by atoms with E-state index in [0.717, 1.165) is 18.9 Å². The molecule has 2 atom stereocenters. The highest BCUT2D eigenvalue weighted by Crippen LogP contribution is 2.26. The highest BCUT2D eigenvalue weighted by molar-refractivity contribution is 5.30. The number of hydrogen-bond acceptors (Lipinski definition) is 1. The molecule has 1 aromatic rings. The molecule has 19 heavy (non-hydrogen) atoms. The fourth-order valence-electron chi connectivity index (χ4n) is 2.85. The summed E-state index contributed by atoms with van der Waals surface area (Å²) >= 11 is 0. The molecule has 1 N–H and O–H groups in total.